The molecule has 0 heterocycles. The molecular formula is C15H23NO3. The number of rotatable bonds is 4. The third-order valence-electron chi connectivity index (χ3n) is 2.54. The molecule has 0 radical (unpaired) electrons. The molecule has 2 N–H and O–H groups in total. The quantitative estimate of drug-likeness (QED) is 0.879. The van der Waals surface area contributed by atoms with Crippen molar-refractivity contribution >= 4 is 5.91 Å². The van der Waals surface area contributed by atoms with E-state index in [1.807, 2.05) is 20.8 Å². The summed E-state index contributed by atoms with van der Waals surface area (Å²) in [5, 5.41) is 12.3. The third-order valence-corrected chi connectivity index (χ3v) is 2.54. The van der Waals surface area contributed by atoms with Crippen molar-refractivity contribution in [2.45, 2.75) is 52.4 Å². The largest absolute Gasteiger partial charge is 0.481 e. The van der Waals surface area contributed by atoms with Crippen molar-refractivity contribution in [3.8, 4) is 5.75 Å². The van der Waals surface area contributed by atoms with Crippen LogP contribution in [0.15, 0.2) is 24.3 Å². The van der Waals surface area contributed by atoms with Gasteiger partial charge in [-0.3, -0.25) is 4.79 Å². The van der Waals surface area contributed by atoms with Crippen LogP contribution >= 0.6 is 0 Å². The predicted molar refractivity (Wildman–Crippen MR) is 75.1 cm³/mol. The molecule has 0 aliphatic rings. The zero-order chi connectivity index (χ0) is 14.6. The maximum Gasteiger partial charge on any atom is 0.261 e. The van der Waals surface area contributed by atoms with Crippen molar-refractivity contribution in [3.63, 3.8) is 0 Å². The van der Waals surface area contributed by atoms with Gasteiger partial charge in [0.05, 0.1) is 6.10 Å². The van der Waals surface area contributed by atoms with Crippen molar-refractivity contribution < 1.29 is 14.6 Å². The molecule has 4 nitrogen and oxygen atoms in total. The van der Waals surface area contributed by atoms with Gasteiger partial charge >= 0.3 is 0 Å². The fourth-order valence-electron chi connectivity index (χ4n) is 1.55. The summed E-state index contributed by atoms with van der Waals surface area (Å²) >= 11 is 0. The number of hydrogen-bond acceptors (Lipinski definition) is 3. The van der Waals surface area contributed by atoms with Crippen LogP contribution in [0.1, 0.15) is 46.3 Å². The Hall–Kier alpha value is -1.55. The Morgan fingerprint density at radius 2 is 1.74 bits per heavy atom. The molecule has 1 amide bonds. The van der Waals surface area contributed by atoms with Crippen molar-refractivity contribution in [1.82, 2.24) is 5.32 Å². The number of hydrogen-bond donors (Lipinski definition) is 2. The van der Waals surface area contributed by atoms with Gasteiger partial charge in [-0.2, -0.15) is 0 Å². The van der Waals surface area contributed by atoms with Crippen molar-refractivity contribution in [2.75, 3.05) is 0 Å². The first-order valence-electron chi connectivity index (χ1n) is 6.46. The summed E-state index contributed by atoms with van der Waals surface area (Å²) < 4.78 is 5.56. The smallest absolute Gasteiger partial charge is 0.261 e. The lowest BCUT2D eigenvalue weighted by atomic mass is 10.1. The number of ether oxygens (including phenoxy) is 1. The minimum absolute atomic E-state index is 0.146. The highest BCUT2D eigenvalue weighted by Crippen LogP contribution is 2.18. The fraction of sp³-hybridized carbons (Fsp3) is 0.533. The van der Waals surface area contributed by atoms with Crippen LogP contribution in [-0.2, 0) is 4.79 Å². The zero-order valence-electron chi connectivity index (χ0n) is 12.2. The molecule has 0 bridgehead atoms. The number of amides is 1. The lowest BCUT2D eigenvalue weighted by Crippen LogP contribution is -2.46. The van der Waals surface area contributed by atoms with Gasteiger partial charge in [0.1, 0.15) is 5.75 Å². The highest BCUT2D eigenvalue weighted by molar-refractivity contribution is 5.81. The molecule has 106 valence electrons. The van der Waals surface area contributed by atoms with Gasteiger partial charge < -0.3 is 15.2 Å². The maximum absolute atomic E-state index is 11.9. The molecule has 0 saturated heterocycles. The minimum atomic E-state index is -0.559. The van der Waals surface area contributed by atoms with Crippen LogP contribution in [0.3, 0.4) is 0 Å². The van der Waals surface area contributed by atoms with Gasteiger partial charge in [-0.05, 0) is 52.3 Å². The fourth-order valence-corrected chi connectivity index (χ4v) is 1.55. The second-order valence-electron chi connectivity index (χ2n) is 5.74. The second-order valence-corrected chi connectivity index (χ2v) is 5.74. The van der Waals surface area contributed by atoms with E-state index >= 15 is 0 Å². The van der Waals surface area contributed by atoms with Crippen LogP contribution in [0.5, 0.6) is 5.75 Å². The molecule has 1 rings (SSSR count). The van der Waals surface area contributed by atoms with Crippen LogP contribution in [0.4, 0.5) is 0 Å². The Balaban J connectivity index is 2.61. The predicted octanol–water partition coefficient (Wildman–Crippen LogP) is 2.42. The second kappa shape index (κ2) is 6.06. The maximum atomic E-state index is 11.9. The Bertz CT molecular complexity index is 418. The SMILES string of the molecule is CC(Oc1ccc(C(C)O)cc1)C(=O)NC(C)(C)C. The standard InChI is InChI=1S/C15H23NO3/c1-10(17)12-6-8-13(9-7-12)19-11(2)14(18)16-15(3,4)5/h6-11,17H,1-5H3,(H,16,18). The molecule has 1 aromatic rings. The van der Waals surface area contributed by atoms with Crippen LogP contribution in [0.25, 0.3) is 0 Å². The molecule has 19 heavy (non-hydrogen) atoms. The molecule has 0 aliphatic carbocycles. The summed E-state index contributed by atoms with van der Waals surface area (Å²) in [6.07, 6.45) is -1.06. The van der Waals surface area contributed by atoms with Crippen molar-refractivity contribution in [3.05, 3.63) is 29.8 Å². The summed E-state index contributed by atoms with van der Waals surface area (Å²) in [5.41, 5.74) is 0.546. The Morgan fingerprint density at radius 1 is 1.21 bits per heavy atom. The van der Waals surface area contributed by atoms with Crippen LogP contribution < -0.4 is 10.1 Å². The van der Waals surface area contributed by atoms with Gasteiger partial charge in [-0.15, -0.1) is 0 Å². The van der Waals surface area contributed by atoms with E-state index < -0.39 is 12.2 Å². The van der Waals surface area contributed by atoms with Crippen LogP contribution in [0, 0.1) is 0 Å². The molecule has 0 aliphatic heterocycles. The lowest BCUT2D eigenvalue weighted by Gasteiger charge is -2.23. The van der Waals surface area contributed by atoms with E-state index in [2.05, 4.69) is 5.32 Å². The molecule has 0 fully saturated rings. The van der Waals surface area contributed by atoms with Gasteiger partial charge in [0.2, 0.25) is 0 Å². The summed E-state index contributed by atoms with van der Waals surface area (Å²) in [7, 11) is 0. The summed E-state index contributed by atoms with van der Waals surface area (Å²) in [6.45, 7) is 9.19. The number of benzene rings is 1. The van der Waals surface area contributed by atoms with Crippen LogP contribution in [0.2, 0.25) is 0 Å². The Labute approximate surface area is 114 Å². The Kier molecular flexibility index (Phi) is 4.95. The topological polar surface area (TPSA) is 58.6 Å². The first kappa shape index (κ1) is 15.5. The van der Waals surface area contributed by atoms with Gasteiger partial charge in [0.25, 0.3) is 5.91 Å². The van der Waals surface area contributed by atoms with Crippen LogP contribution in [-0.4, -0.2) is 22.7 Å². The molecule has 2 unspecified atom stereocenters. The van der Waals surface area contributed by atoms with Gasteiger partial charge in [-0.25, -0.2) is 0 Å². The van der Waals surface area contributed by atoms with E-state index in [0.717, 1.165) is 5.56 Å². The van der Waals surface area contributed by atoms with E-state index in [1.165, 1.54) is 0 Å². The number of nitrogens with one attached hydrogen (secondary N) is 1. The monoisotopic (exact) mass is 265 g/mol. The molecule has 4 heteroatoms. The van der Waals surface area contributed by atoms with Crippen molar-refractivity contribution in [1.29, 1.82) is 0 Å². The first-order chi connectivity index (χ1) is 8.69. The number of carbonyl (C=O) groups excluding carboxylic acids is 1. The lowest BCUT2D eigenvalue weighted by molar-refractivity contribution is -0.128. The molecule has 0 aromatic heterocycles. The molecular weight excluding hydrogens is 242 g/mol. The molecule has 1 aromatic carbocycles. The highest BCUT2D eigenvalue weighted by Gasteiger charge is 2.20. The number of carbonyl (C=O) groups is 1. The summed E-state index contributed by atoms with van der Waals surface area (Å²) in [4.78, 5) is 11.9. The zero-order valence-corrected chi connectivity index (χ0v) is 12.2. The van der Waals surface area contributed by atoms with E-state index in [0.29, 0.717) is 5.75 Å². The Morgan fingerprint density at radius 3 is 2.16 bits per heavy atom. The van der Waals surface area contributed by atoms with E-state index in [9.17, 15) is 9.90 Å². The average molecular weight is 265 g/mol. The first-order valence-corrected chi connectivity index (χ1v) is 6.46. The normalized spacial score (nSPS) is 14.6. The van der Waals surface area contributed by atoms with E-state index in [4.69, 9.17) is 4.74 Å². The molecule has 0 spiro atoms. The van der Waals surface area contributed by atoms with Gasteiger partial charge in [0, 0.05) is 5.54 Å². The molecule has 0 saturated carbocycles. The summed E-state index contributed by atoms with van der Waals surface area (Å²) in [5.74, 6) is 0.466. The van der Waals surface area contributed by atoms with E-state index in [-0.39, 0.29) is 11.4 Å². The van der Waals surface area contributed by atoms with Gasteiger partial charge in [0.15, 0.2) is 6.10 Å². The van der Waals surface area contributed by atoms with Crippen molar-refractivity contribution in [2.24, 2.45) is 0 Å². The average Bonchev–Trinajstić information content (AvgIpc) is 2.27. The number of aliphatic hydroxyl groups excluding tert-OH is 1. The van der Waals surface area contributed by atoms with Gasteiger partial charge in [-0.1, -0.05) is 12.1 Å². The summed E-state index contributed by atoms with van der Waals surface area (Å²) in [6, 6.07) is 7.08. The number of aliphatic hydroxyl groups is 1. The molecule has 2 atom stereocenters. The highest BCUT2D eigenvalue weighted by atomic mass is 16.5. The minimum Gasteiger partial charge on any atom is -0.481 e. The van der Waals surface area contributed by atoms with E-state index in [1.54, 1.807) is 38.1 Å². The third kappa shape index (κ3) is 5.30.